The highest BCUT2D eigenvalue weighted by molar-refractivity contribution is 6.02. The van der Waals surface area contributed by atoms with Crippen LogP contribution in [0, 0.1) is 0 Å². The summed E-state index contributed by atoms with van der Waals surface area (Å²) in [5.41, 5.74) is 0.905. The third kappa shape index (κ3) is 2.65. The number of aromatic nitrogens is 2. The molecule has 0 aliphatic rings. The van der Waals surface area contributed by atoms with E-state index in [4.69, 9.17) is 5.11 Å². The molecule has 2 aromatic rings. The van der Waals surface area contributed by atoms with E-state index >= 15 is 0 Å². The first-order chi connectivity index (χ1) is 9.17. The standard InChI is InChI=1S/C14H17N3O2/c1-3-8-17(4-2)14-15-9-11-10(13(18)19)6-5-7-12(11)16-14/h5-7,9H,3-4,8H2,1-2H3,(H,18,19). The quantitative estimate of drug-likeness (QED) is 0.893. The lowest BCUT2D eigenvalue weighted by Crippen LogP contribution is -2.25. The molecule has 0 fully saturated rings. The Bertz CT molecular complexity index is 598. The summed E-state index contributed by atoms with van der Waals surface area (Å²) in [5, 5.41) is 9.70. The van der Waals surface area contributed by atoms with Crippen molar-refractivity contribution in [3.8, 4) is 0 Å². The first-order valence-corrected chi connectivity index (χ1v) is 6.41. The Morgan fingerprint density at radius 1 is 1.37 bits per heavy atom. The van der Waals surface area contributed by atoms with Crippen molar-refractivity contribution in [3.63, 3.8) is 0 Å². The number of fused-ring (bicyclic) bond motifs is 1. The average Bonchev–Trinajstić information content (AvgIpc) is 2.43. The number of aromatic carboxylic acids is 1. The van der Waals surface area contributed by atoms with Crippen molar-refractivity contribution < 1.29 is 9.90 Å². The first kappa shape index (κ1) is 13.3. The van der Waals surface area contributed by atoms with E-state index in [9.17, 15) is 4.79 Å². The van der Waals surface area contributed by atoms with Crippen molar-refractivity contribution in [2.24, 2.45) is 0 Å². The Hall–Kier alpha value is -2.17. The minimum Gasteiger partial charge on any atom is -0.478 e. The van der Waals surface area contributed by atoms with Crippen molar-refractivity contribution in [1.82, 2.24) is 9.97 Å². The number of hydrogen-bond acceptors (Lipinski definition) is 4. The van der Waals surface area contributed by atoms with Crippen LogP contribution in [0.2, 0.25) is 0 Å². The van der Waals surface area contributed by atoms with E-state index in [0.717, 1.165) is 19.5 Å². The van der Waals surface area contributed by atoms with Gasteiger partial charge < -0.3 is 10.0 Å². The van der Waals surface area contributed by atoms with Crippen LogP contribution in [0.25, 0.3) is 10.9 Å². The molecule has 0 saturated heterocycles. The second-order valence-corrected chi connectivity index (χ2v) is 4.29. The molecule has 0 bridgehead atoms. The summed E-state index contributed by atoms with van der Waals surface area (Å²) >= 11 is 0. The van der Waals surface area contributed by atoms with Crippen LogP contribution in [-0.2, 0) is 0 Å². The SMILES string of the molecule is CCCN(CC)c1ncc2c(C(=O)O)cccc2n1. The van der Waals surface area contributed by atoms with Crippen molar-refractivity contribution >= 4 is 22.8 Å². The normalized spacial score (nSPS) is 10.6. The van der Waals surface area contributed by atoms with Crippen LogP contribution in [0.5, 0.6) is 0 Å². The monoisotopic (exact) mass is 259 g/mol. The van der Waals surface area contributed by atoms with Gasteiger partial charge in [-0.1, -0.05) is 13.0 Å². The van der Waals surface area contributed by atoms with Gasteiger partial charge in [-0.2, -0.15) is 0 Å². The van der Waals surface area contributed by atoms with E-state index in [2.05, 4.69) is 28.7 Å². The molecule has 0 saturated carbocycles. The third-order valence-electron chi connectivity index (χ3n) is 3.00. The van der Waals surface area contributed by atoms with Gasteiger partial charge in [-0.3, -0.25) is 0 Å². The summed E-state index contributed by atoms with van der Waals surface area (Å²) in [4.78, 5) is 22.0. The van der Waals surface area contributed by atoms with Gasteiger partial charge in [0.15, 0.2) is 0 Å². The average molecular weight is 259 g/mol. The van der Waals surface area contributed by atoms with E-state index in [1.54, 1.807) is 18.3 Å². The minimum atomic E-state index is -0.956. The number of anilines is 1. The van der Waals surface area contributed by atoms with Crippen LogP contribution < -0.4 is 4.90 Å². The van der Waals surface area contributed by atoms with Gasteiger partial charge in [0.25, 0.3) is 0 Å². The molecule has 0 atom stereocenters. The second kappa shape index (κ2) is 5.65. The van der Waals surface area contributed by atoms with Gasteiger partial charge in [0, 0.05) is 24.7 Å². The summed E-state index contributed by atoms with van der Waals surface area (Å²) in [6, 6.07) is 5.09. The van der Waals surface area contributed by atoms with Crippen LogP contribution in [0.15, 0.2) is 24.4 Å². The Labute approximate surface area is 111 Å². The van der Waals surface area contributed by atoms with Crippen LogP contribution in [0.3, 0.4) is 0 Å². The van der Waals surface area contributed by atoms with Gasteiger partial charge >= 0.3 is 5.97 Å². The van der Waals surface area contributed by atoms with Crippen LogP contribution >= 0.6 is 0 Å². The fourth-order valence-electron chi connectivity index (χ4n) is 2.05. The molecule has 100 valence electrons. The molecule has 5 heteroatoms. The highest BCUT2D eigenvalue weighted by atomic mass is 16.4. The largest absolute Gasteiger partial charge is 0.478 e. The number of rotatable bonds is 5. The molecule has 0 radical (unpaired) electrons. The summed E-state index contributed by atoms with van der Waals surface area (Å²) in [6.07, 6.45) is 2.61. The lowest BCUT2D eigenvalue weighted by Gasteiger charge is -2.20. The van der Waals surface area contributed by atoms with Crippen LogP contribution in [-0.4, -0.2) is 34.1 Å². The third-order valence-corrected chi connectivity index (χ3v) is 3.00. The smallest absolute Gasteiger partial charge is 0.336 e. The van der Waals surface area contributed by atoms with E-state index < -0.39 is 5.97 Å². The highest BCUT2D eigenvalue weighted by Crippen LogP contribution is 2.19. The number of hydrogen-bond donors (Lipinski definition) is 1. The number of carbonyl (C=O) groups is 1. The van der Waals surface area contributed by atoms with E-state index in [1.807, 2.05) is 6.07 Å². The number of benzene rings is 1. The summed E-state index contributed by atoms with van der Waals surface area (Å²) in [6.45, 7) is 5.88. The molecular weight excluding hydrogens is 242 g/mol. The minimum absolute atomic E-state index is 0.239. The zero-order valence-electron chi connectivity index (χ0n) is 11.1. The molecule has 0 spiro atoms. The van der Waals surface area contributed by atoms with Crippen molar-refractivity contribution in [2.75, 3.05) is 18.0 Å². The first-order valence-electron chi connectivity index (χ1n) is 6.41. The molecule has 1 N–H and O–H groups in total. The topological polar surface area (TPSA) is 66.3 Å². The Morgan fingerprint density at radius 3 is 2.79 bits per heavy atom. The summed E-state index contributed by atoms with van der Waals surface area (Å²) in [7, 11) is 0. The van der Waals surface area contributed by atoms with Gasteiger partial charge in [0.05, 0.1) is 11.1 Å². The maximum atomic E-state index is 11.1. The second-order valence-electron chi connectivity index (χ2n) is 4.29. The predicted octanol–water partition coefficient (Wildman–Crippen LogP) is 2.56. The molecule has 1 aromatic heterocycles. The Kier molecular flexibility index (Phi) is 3.94. The molecule has 0 amide bonds. The van der Waals surface area contributed by atoms with E-state index in [-0.39, 0.29) is 5.56 Å². The Morgan fingerprint density at radius 2 is 2.16 bits per heavy atom. The van der Waals surface area contributed by atoms with Crippen molar-refractivity contribution in [3.05, 3.63) is 30.0 Å². The maximum Gasteiger partial charge on any atom is 0.336 e. The summed E-state index contributed by atoms with van der Waals surface area (Å²) < 4.78 is 0. The van der Waals surface area contributed by atoms with Gasteiger partial charge in [-0.15, -0.1) is 0 Å². The Balaban J connectivity index is 2.49. The molecule has 1 heterocycles. The molecule has 5 nitrogen and oxygen atoms in total. The molecule has 1 aromatic carbocycles. The molecular formula is C14H17N3O2. The van der Waals surface area contributed by atoms with E-state index in [0.29, 0.717) is 16.9 Å². The molecule has 19 heavy (non-hydrogen) atoms. The molecule has 0 aliphatic carbocycles. The van der Waals surface area contributed by atoms with Crippen molar-refractivity contribution in [2.45, 2.75) is 20.3 Å². The van der Waals surface area contributed by atoms with Gasteiger partial charge in [0.2, 0.25) is 5.95 Å². The lowest BCUT2D eigenvalue weighted by molar-refractivity contribution is 0.0699. The number of carboxylic acid groups (broad SMARTS) is 1. The maximum absolute atomic E-state index is 11.1. The van der Waals surface area contributed by atoms with Gasteiger partial charge in [-0.25, -0.2) is 14.8 Å². The van der Waals surface area contributed by atoms with Crippen LogP contribution in [0.1, 0.15) is 30.6 Å². The molecule has 0 aliphatic heterocycles. The highest BCUT2D eigenvalue weighted by Gasteiger charge is 2.12. The molecule has 0 unspecified atom stereocenters. The van der Waals surface area contributed by atoms with Crippen LogP contribution in [0.4, 0.5) is 5.95 Å². The fourth-order valence-corrected chi connectivity index (χ4v) is 2.05. The fraction of sp³-hybridized carbons (Fsp3) is 0.357. The van der Waals surface area contributed by atoms with E-state index in [1.165, 1.54) is 0 Å². The zero-order valence-corrected chi connectivity index (χ0v) is 11.1. The zero-order chi connectivity index (χ0) is 13.8. The summed E-state index contributed by atoms with van der Waals surface area (Å²) in [5.74, 6) is -0.303. The van der Waals surface area contributed by atoms with Crippen molar-refractivity contribution in [1.29, 1.82) is 0 Å². The number of nitrogens with zero attached hydrogens (tertiary/aromatic N) is 3. The number of carboxylic acids is 1. The lowest BCUT2D eigenvalue weighted by atomic mass is 10.1. The van der Waals surface area contributed by atoms with Gasteiger partial charge in [-0.05, 0) is 25.5 Å². The molecule has 2 rings (SSSR count). The van der Waals surface area contributed by atoms with Gasteiger partial charge in [0.1, 0.15) is 0 Å². The predicted molar refractivity (Wildman–Crippen MR) is 74.7 cm³/mol.